The van der Waals surface area contributed by atoms with Gasteiger partial charge in [-0.25, -0.2) is 4.98 Å². The molecule has 3 nitrogen and oxygen atoms in total. The maximum Gasteiger partial charge on any atom is 0.406 e. The highest BCUT2D eigenvalue weighted by atomic mass is 35.5. The number of amides is 1. The van der Waals surface area contributed by atoms with Crippen LogP contribution in [0.5, 0.6) is 0 Å². The normalized spacial score (nSPS) is 11.7. The van der Waals surface area contributed by atoms with Crippen LogP contribution in [0.25, 0.3) is 10.9 Å². The average Bonchev–Trinajstić information content (AvgIpc) is 2.43. The van der Waals surface area contributed by atoms with Crippen LogP contribution >= 0.6 is 11.6 Å². The van der Waals surface area contributed by atoms with E-state index in [0.717, 1.165) is 0 Å². The molecule has 0 aliphatic heterocycles. The lowest BCUT2D eigenvalue weighted by Gasteiger charge is -2.22. The number of benzene rings is 1. The van der Waals surface area contributed by atoms with Crippen LogP contribution in [0.15, 0.2) is 30.3 Å². The van der Waals surface area contributed by atoms with Crippen molar-refractivity contribution in [3.05, 3.63) is 41.0 Å². The zero-order valence-corrected chi connectivity index (χ0v) is 11.9. The Morgan fingerprint density at radius 3 is 2.62 bits per heavy atom. The van der Waals surface area contributed by atoms with Gasteiger partial charge in [0, 0.05) is 11.9 Å². The molecule has 0 unspecified atom stereocenters. The molecule has 0 fully saturated rings. The molecule has 1 aromatic heterocycles. The van der Waals surface area contributed by atoms with Crippen molar-refractivity contribution in [1.29, 1.82) is 0 Å². The van der Waals surface area contributed by atoms with Gasteiger partial charge in [-0.3, -0.25) is 4.79 Å². The number of pyridine rings is 1. The van der Waals surface area contributed by atoms with Gasteiger partial charge in [-0.2, -0.15) is 13.2 Å². The van der Waals surface area contributed by atoms with Crippen molar-refractivity contribution in [1.82, 2.24) is 9.88 Å². The summed E-state index contributed by atoms with van der Waals surface area (Å²) in [7, 11) is 0. The quantitative estimate of drug-likeness (QED) is 0.860. The lowest BCUT2D eigenvalue weighted by atomic mass is 10.2. The van der Waals surface area contributed by atoms with Gasteiger partial charge < -0.3 is 4.90 Å². The molecule has 21 heavy (non-hydrogen) atoms. The van der Waals surface area contributed by atoms with Crippen molar-refractivity contribution in [3.63, 3.8) is 0 Å². The minimum atomic E-state index is -4.45. The van der Waals surface area contributed by atoms with Crippen LogP contribution in [0.2, 0.25) is 5.02 Å². The molecule has 0 aliphatic rings. The second kappa shape index (κ2) is 5.89. The number of halogens is 4. The van der Waals surface area contributed by atoms with E-state index < -0.39 is 18.6 Å². The SMILES string of the molecule is CCN(CC(F)(F)F)C(=O)c1cc(Cl)c2ccccc2n1. The Balaban J connectivity index is 2.38. The second-order valence-electron chi connectivity index (χ2n) is 4.44. The van der Waals surface area contributed by atoms with Gasteiger partial charge in [-0.1, -0.05) is 29.8 Å². The predicted octanol–water partition coefficient (Wildman–Crippen LogP) is 3.91. The van der Waals surface area contributed by atoms with E-state index in [2.05, 4.69) is 4.98 Å². The molecule has 7 heteroatoms. The first-order valence-corrected chi connectivity index (χ1v) is 6.61. The Morgan fingerprint density at radius 1 is 1.33 bits per heavy atom. The van der Waals surface area contributed by atoms with Crippen LogP contribution in [-0.4, -0.2) is 35.1 Å². The average molecular weight is 317 g/mol. The summed E-state index contributed by atoms with van der Waals surface area (Å²) in [5, 5.41) is 0.932. The number of alkyl halides is 3. The third kappa shape index (κ3) is 3.64. The van der Waals surface area contributed by atoms with Gasteiger partial charge >= 0.3 is 6.18 Å². The maximum atomic E-state index is 12.5. The molecule has 0 atom stereocenters. The molecule has 2 aromatic rings. The molecule has 1 aromatic carbocycles. The summed E-state index contributed by atoms with van der Waals surface area (Å²) in [6.07, 6.45) is -4.45. The van der Waals surface area contributed by atoms with Gasteiger partial charge in [0.25, 0.3) is 5.91 Å². The molecular weight excluding hydrogens is 305 g/mol. The van der Waals surface area contributed by atoms with E-state index in [4.69, 9.17) is 11.6 Å². The number of fused-ring (bicyclic) bond motifs is 1. The van der Waals surface area contributed by atoms with Crippen LogP contribution in [0, 0.1) is 0 Å². The monoisotopic (exact) mass is 316 g/mol. The van der Waals surface area contributed by atoms with Gasteiger partial charge in [0.15, 0.2) is 0 Å². The zero-order chi connectivity index (χ0) is 15.6. The summed E-state index contributed by atoms with van der Waals surface area (Å²) >= 11 is 6.05. The first kappa shape index (κ1) is 15.6. The van der Waals surface area contributed by atoms with E-state index in [9.17, 15) is 18.0 Å². The van der Waals surface area contributed by atoms with E-state index in [1.807, 2.05) is 0 Å². The van der Waals surface area contributed by atoms with E-state index in [1.54, 1.807) is 24.3 Å². The van der Waals surface area contributed by atoms with E-state index in [1.165, 1.54) is 13.0 Å². The van der Waals surface area contributed by atoms with Gasteiger partial charge in [0.05, 0.1) is 10.5 Å². The minimum absolute atomic E-state index is 0.0650. The summed E-state index contributed by atoms with van der Waals surface area (Å²) < 4.78 is 37.4. The van der Waals surface area contributed by atoms with E-state index in [0.29, 0.717) is 15.8 Å². The second-order valence-corrected chi connectivity index (χ2v) is 4.85. The van der Waals surface area contributed by atoms with Crippen molar-refractivity contribution in [2.75, 3.05) is 13.1 Å². The van der Waals surface area contributed by atoms with Crippen LogP contribution < -0.4 is 0 Å². The fourth-order valence-electron chi connectivity index (χ4n) is 1.95. The number of nitrogens with zero attached hydrogens (tertiary/aromatic N) is 2. The summed E-state index contributed by atoms with van der Waals surface area (Å²) in [5.74, 6) is -0.789. The number of hydrogen-bond acceptors (Lipinski definition) is 2. The fraction of sp³-hybridized carbons (Fsp3) is 0.286. The molecule has 0 aliphatic carbocycles. The first-order valence-electron chi connectivity index (χ1n) is 6.23. The summed E-state index contributed by atoms with van der Waals surface area (Å²) in [6, 6.07) is 8.15. The van der Waals surface area contributed by atoms with E-state index >= 15 is 0 Å². The Labute approximate surface area is 124 Å². The molecule has 1 heterocycles. The van der Waals surface area contributed by atoms with Crippen molar-refractivity contribution >= 4 is 28.4 Å². The van der Waals surface area contributed by atoms with Crippen LogP contribution in [0.4, 0.5) is 13.2 Å². The number of para-hydroxylation sites is 1. The van der Waals surface area contributed by atoms with Crippen LogP contribution in [0.3, 0.4) is 0 Å². The van der Waals surface area contributed by atoms with Crippen molar-refractivity contribution in [2.24, 2.45) is 0 Å². The summed E-state index contributed by atoms with van der Waals surface area (Å²) in [5.41, 5.74) is 0.376. The molecule has 2 rings (SSSR count). The molecule has 0 saturated carbocycles. The third-order valence-corrected chi connectivity index (χ3v) is 3.24. The first-order chi connectivity index (χ1) is 9.81. The van der Waals surface area contributed by atoms with Gasteiger partial charge in [-0.15, -0.1) is 0 Å². The number of carbonyl (C=O) groups is 1. The largest absolute Gasteiger partial charge is 0.406 e. The molecule has 112 valence electrons. The van der Waals surface area contributed by atoms with Crippen LogP contribution in [-0.2, 0) is 0 Å². The number of carbonyl (C=O) groups excluding carboxylic acids is 1. The van der Waals surface area contributed by atoms with Gasteiger partial charge in [0.1, 0.15) is 12.2 Å². The van der Waals surface area contributed by atoms with Crippen molar-refractivity contribution in [2.45, 2.75) is 13.1 Å². The molecule has 0 saturated heterocycles. The lowest BCUT2D eigenvalue weighted by Crippen LogP contribution is -2.39. The minimum Gasteiger partial charge on any atom is -0.328 e. The Hall–Kier alpha value is -1.82. The Morgan fingerprint density at radius 2 is 2.00 bits per heavy atom. The van der Waals surface area contributed by atoms with Crippen molar-refractivity contribution < 1.29 is 18.0 Å². The van der Waals surface area contributed by atoms with Crippen LogP contribution in [0.1, 0.15) is 17.4 Å². The Bertz CT molecular complexity index is 673. The third-order valence-electron chi connectivity index (χ3n) is 2.92. The molecule has 0 N–H and O–H groups in total. The number of rotatable bonds is 3. The smallest absolute Gasteiger partial charge is 0.328 e. The highest BCUT2D eigenvalue weighted by Crippen LogP contribution is 2.24. The highest BCUT2D eigenvalue weighted by Gasteiger charge is 2.33. The summed E-state index contributed by atoms with van der Waals surface area (Å²) in [4.78, 5) is 16.9. The molecule has 0 spiro atoms. The summed E-state index contributed by atoms with van der Waals surface area (Å²) in [6.45, 7) is 0.102. The molecule has 1 amide bonds. The maximum absolute atomic E-state index is 12.5. The number of aromatic nitrogens is 1. The standard InChI is InChI=1S/C14H12ClF3N2O/c1-2-20(8-14(16,17)18)13(21)12-7-10(15)9-5-3-4-6-11(9)19-12/h3-7H,2,8H2,1H3. The lowest BCUT2D eigenvalue weighted by molar-refractivity contribution is -0.140. The van der Waals surface area contributed by atoms with Crippen molar-refractivity contribution in [3.8, 4) is 0 Å². The van der Waals surface area contributed by atoms with Gasteiger partial charge in [-0.05, 0) is 19.1 Å². The zero-order valence-electron chi connectivity index (χ0n) is 11.1. The fourth-order valence-corrected chi connectivity index (χ4v) is 2.21. The van der Waals surface area contributed by atoms with E-state index in [-0.39, 0.29) is 17.3 Å². The predicted molar refractivity (Wildman–Crippen MR) is 74.4 cm³/mol. The Kier molecular flexibility index (Phi) is 4.37. The van der Waals surface area contributed by atoms with Gasteiger partial charge in [0.2, 0.25) is 0 Å². The number of hydrogen-bond donors (Lipinski definition) is 0. The highest BCUT2D eigenvalue weighted by molar-refractivity contribution is 6.35. The topological polar surface area (TPSA) is 33.2 Å². The molecular formula is C14H12ClF3N2O. The molecule has 0 radical (unpaired) electrons. The molecule has 0 bridgehead atoms.